The lowest BCUT2D eigenvalue weighted by molar-refractivity contribution is -0.384. The summed E-state index contributed by atoms with van der Waals surface area (Å²) in [5, 5.41) is 10.8. The summed E-state index contributed by atoms with van der Waals surface area (Å²) < 4.78 is 6.56. The van der Waals surface area contributed by atoms with Gasteiger partial charge >= 0.3 is 0 Å². The number of nitro benzene ring substituents is 1. The first-order valence-electron chi connectivity index (χ1n) is 5.12. The zero-order valence-electron chi connectivity index (χ0n) is 9.71. The van der Waals surface area contributed by atoms with Gasteiger partial charge in [0, 0.05) is 6.07 Å². The number of anilines is 1. The van der Waals surface area contributed by atoms with Gasteiger partial charge in [-0.05, 0) is 37.9 Å². The van der Waals surface area contributed by atoms with Crippen LogP contribution in [0.3, 0.4) is 0 Å². The Morgan fingerprint density at radius 3 is 2.75 bits per heavy atom. The molecule has 2 rings (SSSR count). The summed E-state index contributed by atoms with van der Waals surface area (Å²) in [6, 6.07) is 4.16. The molecule has 104 valence electrons. The summed E-state index contributed by atoms with van der Waals surface area (Å²) in [6.45, 7) is 0. The Morgan fingerprint density at radius 1 is 1.35 bits per heavy atom. The minimum atomic E-state index is -0.513. The normalized spacial score (nSPS) is 10.2. The summed E-state index contributed by atoms with van der Waals surface area (Å²) in [5.41, 5.74) is 2.19. The molecule has 1 aromatic carbocycles. The van der Waals surface area contributed by atoms with Gasteiger partial charge in [0.2, 0.25) is 11.8 Å². The first-order valence-corrected chi connectivity index (χ1v) is 6.71. The van der Waals surface area contributed by atoms with Crippen molar-refractivity contribution in [3.05, 3.63) is 43.5 Å². The molecule has 0 amide bonds. The minimum Gasteiger partial charge on any atom is -0.436 e. The molecule has 0 bridgehead atoms. The minimum absolute atomic E-state index is 0.0921. The highest BCUT2D eigenvalue weighted by Crippen LogP contribution is 2.35. The Balaban J connectivity index is 2.38. The summed E-state index contributed by atoms with van der Waals surface area (Å²) in [6.07, 6.45) is 1.45. The molecule has 0 aliphatic rings. The van der Waals surface area contributed by atoms with Crippen molar-refractivity contribution >= 4 is 43.5 Å². The number of nitrogens with one attached hydrogen (secondary N) is 1. The van der Waals surface area contributed by atoms with Crippen molar-refractivity contribution in [2.75, 3.05) is 5.43 Å². The second kappa shape index (κ2) is 6.11. The van der Waals surface area contributed by atoms with Crippen LogP contribution in [0.2, 0.25) is 0 Å². The number of aromatic nitrogens is 2. The van der Waals surface area contributed by atoms with Crippen LogP contribution < -0.4 is 16.0 Å². The maximum atomic E-state index is 10.8. The van der Waals surface area contributed by atoms with Crippen LogP contribution in [0.4, 0.5) is 11.6 Å². The molecule has 0 atom stereocenters. The zero-order valence-corrected chi connectivity index (χ0v) is 12.9. The molecule has 0 unspecified atom stereocenters. The molecule has 0 fully saturated rings. The Hall–Kier alpha value is -1.78. The van der Waals surface area contributed by atoms with E-state index in [-0.39, 0.29) is 23.3 Å². The summed E-state index contributed by atoms with van der Waals surface area (Å²) >= 11 is 6.47. The van der Waals surface area contributed by atoms with Gasteiger partial charge in [-0.2, -0.15) is 4.98 Å². The number of nitrogen functional groups attached to an aromatic ring is 1. The first-order chi connectivity index (χ1) is 9.51. The van der Waals surface area contributed by atoms with Gasteiger partial charge in [-0.15, -0.1) is 0 Å². The van der Waals surface area contributed by atoms with Crippen LogP contribution in [-0.2, 0) is 0 Å². The van der Waals surface area contributed by atoms with Crippen molar-refractivity contribution in [1.29, 1.82) is 0 Å². The van der Waals surface area contributed by atoms with Crippen LogP contribution in [0.15, 0.2) is 33.3 Å². The second-order valence-electron chi connectivity index (χ2n) is 3.46. The molecule has 20 heavy (non-hydrogen) atoms. The molecule has 0 aliphatic heterocycles. The third kappa shape index (κ3) is 3.21. The third-order valence-corrected chi connectivity index (χ3v) is 3.37. The van der Waals surface area contributed by atoms with E-state index in [1.165, 1.54) is 24.4 Å². The van der Waals surface area contributed by atoms with Crippen LogP contribution in [-0.4, -0.2) is 14.9 Å². The highest BCUT2D eigenvalue weighted by molar-refractivity contribution is 9.11. The molecule has 0 radical (unpaired) electrons. The number of nitro groups is 1. The Morgan fingerprint density at radius 2 is 2.10 bits per heavy atom. The molecule has 2 aromatic rings. The first kappa shape index (κ1) is 14.6. The fourth-order valence-electron chi connectivity index (χ4n) is 1.28. The fraction of sp³-hybridized carbons (Fsp3) is 0. The number of nitrogens with zero attached hydrogens (tertiary/aromatic N) is 3. The van der Waals surface area contributed by atoms with Gasteiger partial charge in [0.1, 0.15) is 0 Å². The molecule has 1 heterocycles. The fourth-order valence-corrected chi connectivity index (χ4v) is 1.88. The number of hydrogen-bond acceptors (Lipinski definition) is 7. The molecule has 0 saturated heterocycles. The number of ether oxygens (including phenoxy) is 1. The molecule has 0 aliphatic carbocycles. The predicted molar refractivity (Wildman–Crippen MR) is 78.4 cm³/mol. The van der Waals surface area contributed by atoms with Crippen molar-refractivity contribution in [1.82, 2.24) is 9.97 Å². The highest BCUT2D eigenvalue weighted by atomic mass is 79.9. The SMILES string of the molecule is NNc1ncc(Br)c(Oc2cc([N+](=O)[O-])ccc2Br)n1. The van der Waals surface area contributed by atoms with E-state index in [0.717, 1.165) is 0 Å². The molecular weight excluding hydrogens is 398 g/mol. The monoisotopic (exact) mass is 403 g/mol. The molecule has 0 saturated carbocycles. The van der Waals surface area contributed by atoms with E-state index < -0.39 is 4.92 Å². The van der Waals surface area contributed by atoms with Gasteiger partial charge < -0.3 is 4.74 Å². The molecule has 8 nitrogen and oxygen atoms in total. The van der Waals surface area contributed by atoms with Gasteiger partial charge in [-0.1, -0.05) is 0 Å². The number of non-ortho nitro benzene ring substituents is 1. The maximum absolute atomic E-state index is 10.8. The van der Waals surface area contributed by atoms with Crippen molar-refractivity contribution < 1.29 is 9.66 Å². The Bertz CT molecular complexity index is 667. The Kier molecular flexibility index (Phi) is 4.47. The average molecular weight is 405 g/mol. The zero-order chi connectivity index (χ0) is 14.7. The van der Waals surface area contributed by atoms with Gasteiger partial charge in [0.15, 0.2) is 5.75 Å². The van der Waals surface area contributed by atoms with E-state index in [1.54, 1.807) is 0 Å². The van der Waals surface area contributed by atoms with Gasteiger partial charge in [0.05, 0.1) is 26.1 Å². The lowest BCUT2D eigenvalue weighted by atomic mass is 10.3. The van der Waals surface area contributed by atoms with Crippen LogP contribution in [0.1, 0.15) is 0 Å². The van der Waals surface area contributed by atoms with E-state index in [1.807, 2.05) is 0 Å². The van der Waals surface area contributed by atoms with Crippen LogP contribution in [0.5, 0.6) is 11.6 Å². The van der Waals surface area contributed by atoms with Gasteiger partial charge in [0.25, 0.3) is 5.69 Å². The molecule has 1 aromatic heterocycles. The topological polar surface area (TPSA) is 116 Å². The largest absolute Gasteiger partial charge is 0.436 e. The molecule has 0 spiro atoms. The van der Waals surface area contributed by atoms with Crippen molar-refractivity contribution in [3.63, 3.8) is 0 Å². The smallest absolute Gasteiger partial charge is 0.273 e. The second-order valence-corrected chi connectivity index (χ2v) is 5.17. The summed E-state index contributed by atoms with van der Waals surface area (Å²) in [4.78, 5) is 18.1. The van der Waals surface area contributed by atoms with Gasteiger partial charge in [-0.3, -0.25) is 15.5 Å². The lowest BCUT2D eigenvalue weighted by Crippen LogP contribution is -2.10. The summed E-state index contributed by atoms with van der Waals surface area (Å²) in [5.74, 6) is 5.80. The number of hydrogen-bond donors (Lipinski definition) is 2. The van der Waals surface area contributed by atoms with Crippen LogP contribution in [0, 0.1) is 10.1 Å². The van der Waals surface area contributed by atoms with E-state index in [0.29, 0.717) is 8.95 Å². The van der Waals surface area contributed by atoms with E-state index >= 15 is 0 Å². The molecule has 10 heteroatoms. The average Bonchev–Trinajstić information content (AvgIpc) is 2.43. The highest BCUT2D eigenvalue weighted by Gasteiger charge is 2.14. The van der Waals surface area contributed by atoms with E-state index in [4.69, 9.17) is 10.6 Å². The number of hydrazine groups is 1. The standard InChI is InChI=1S/C10H7Br2N5O3/c11-6-2-1-5(17(18)19)3-8(6)20-9-7(12)4-14-10(15-9)16-13/h1-4H,13H2,(H,14,15,16). The summed E-state index contributed by atoms with van der Waals surface area (Å²) in [7, 11) is 0. The predicted octanol–water partition coefficient (Wildman–Crippen LogP) is 2.99. The van der Waals surface area contributed by atoms with Crippen LogP contribution >= 0.6 is 31.9 Å². The van der Waals surface area contributed by atoms with E-state index in [9.17, 15) is 10.1 Å². The van der Waals surface area contributed by atoms with Crippen LogP contribution in [0.25, 0.3) is 0 Å². The van der Waals surface area contributed by atoms with E-state index in [2.05, 4.69) is 47.3 Å². The van der Waals surface area contributed by atoms with Gasteiger partial charge in [-0.25, -0.2) is 10.8 Å². The van der Waals surface area contributed by atoms with Crippen molar-refractivity contribution in [2.24, 2.45) is 5.84 Å². The number of rotatable bonds is 4. The third-order valence-electron chi connectivity index (χ3n) is 2.17. The number of nitrogens with two attached hydrogens (primary N) is 1. The Labute approximate surface area is 129 Å². The quantitative estimate of drug-likeness (QED) is 0.457. The van der Waals surface area contributed by atoms with Crippen molar-refractivity contribution in [2.45, 2.75) is 0 Å². The maximum Gasteiger partial charge on any atom is 0.273 e. The van der Waals surface area contributed by atoms with Crippen molar-refractivity contribution in [3.8, 4) is 11.6 Å². The number of benzene rings is 1. The number of halogens is 2. The lowest BCUT2D eigenvalue weighted by Gasteiger charge is -2.09. The molecular formula is C10H7Br2N5O3. The molecule has 3 N–H and O–H groups in total.